The molecule has 0 aliphatic rings. The first-order chi connectivity index (χ1) is 12.2. The summed E-state index contributed by atoms with van der Waals surface area (Å²) >= 11 is 0. The number of aromatic hydroxyl groups is 1. The number of methoxy groups -OCH3 is 1. The van der Waals surface area contributed by atoms with E-state index in [1.165, 1.54) is 0 Å². The van der Waals surface area contributed by atoms with Crippen molar-refractivity contribution in [3.8, 4) is 17.6 Å². The number of nitrogens with zero attached hydrogens (tertiary/aromatic N) is 3. The molecule has 0 fully saturated rings. The fraction of sp³-hybridized carbons (Fsp3) is 0.0556. The van der Waals surface area contributed by atoms with E-state index in [-0.39, 0.29) is 11.6 Å². The Balaban J connectivity index is 1.80. The zero-order valence-electron chi connectivity index (χ0n) is 13.4. The molecule has 0 aliphatic carbocycles. The van der Waals surface area contributed by atoms with Crippen LogP contribution in [-0.2, 0) is 0 Å². The maximum absolute atomic E-state index is 9.40. The maximum atomic E-state index is 9.40. The van der Waals surface area contributed by atoms with Crippen molar-refractivity contribution in [2.75, 3.05) is 12.4 Å². The highest BCUT2D eigenvalue weighted by Gasteiger charge is 2.12. The second-order valence-electron chi connectivity index (χ2n) is 5.11. The molecule has 2 aromatic carbocycles. The molecule has 1 aromatic heterocycles. The highest BCUT2D eigenvalue weighted by Crippen LogP contribution is 2.26. The molecule has 3 N–H and O–H groups in total. The average molecular weight is 333 g/mol. The number of aromatic nitrogens is 2. The monoisotopic (exact) mass is 333 g/mol. The van der Waals surface area contributed by atoms with Crippen LogP contribution in [0, 0.1) is 11.3 Å². The van der Waals surface area contributed by atoms with E-state index in [9.17, 15) is 10.4 Å². The van der Waals surface area contributed by atoms with E-state index in [1.807, 2.05) is 24.3 Å². The minimum absolute atomic E-state index is 0.181. The molecule has 0 atom stereocenters. The number of benzene rings is 2. The molecule has 0 spiro atoms. The van der Waals surface area contributed by atoms with Gasteiger partial charge in [0.25, 0.3) is 0 Å². The van der Waals surface area contributed by atoms with Crippen molar-refractivity contribution in [3.63, 3.8) is 0 Å². The number of aromatic amines is 1. The fourth-order valence-electron chi connectivity index (χ4n) is 2.14. The zero-order chi connectivity index (χ0) is 17.6. The van der Waals surface area contributed by atoms with Gasteiger partial charge in [-0.3, -0.25) is 5.10 Å². The van der Waals surface area contributed by atoms with Crippen LogP contribution in [0.25, 0.3) is 0 Å². The molecule has 0 bridgehead atoms. The molecule has 3 aromatic rings. The van der Waals surface area contributed by atoms with Crippen LogP contribution in [0.3, 0.4) is 0 Å². The molecule has 0 aliphatic heterocycles. The SMILES string of the molecule is COc1ccc(Nc2[nH]nc(N=Cc3ccc(O)cc3)c2C#N)cc1. The third-order valence-electron chi connectivity index (χ3n) is 3.45. The van der Waals surface area contributed by atoms with Gasteiger partial charge in [0.1, 0.15) is 28.9 Å². The first kappa shape index (κ1) is 16.1. The van der Waals surface area contributed by atoms with Crippen molar-refractivity contribution < 1.29 is 9.84 Å². The summed E-state index contributed by atoms with van der Waals surface area (Å²) in [6, 6.07) is 16.0. The number of nitriles is 1. The lowest BCUT2D eigenvalue weighted by Crippen LogP contribution is -1.93. The van der Waals surface area contributed by atoms with Crippen molar-refractivity contribution in [3.05, 3.63) is 59.7 Å². The third kappa shape index (κ3) is 3.76. The molecule has 0 saturated heterocycles. The van der Waals surface area contributed by atoms with Crippen LogP contribution >= 0.6 is 0 Å². The molecule has 7 heteroatoms. The largest absolute Gasteiger partial charge is 0.508 e. The first-order valence-electron chi connectivity index (χ1n) is 7.42. The quantitative estimate of drug-likeness (QED) is 0.620. The Hall–Kier alpha value is -3.79. The molecule has 0 saturated carbocycles. The molecule has 0 radical (unpaired) electrons. The summed E-state index contributed by atoms with van der Waals surface area (Å²) in [5.74, 6) is 1.67. The lowest BCUT2D eigenvalue weighted by molar-refractivity contribution is 0.415. The van der Waals surface area contributed by atoms with Crippen LogP contribution in [0.15, 0.2) is 53.5 Å². The number of nitrogens with one attached hydrogen (secondary N) is 2. The van der Waals surface area contributed by atoms with Crippen molar-refractivity contribution in [2.24, 2.45) is 4.99 Å². The van der Waals surface area contributed by atoms with E-state index in [0.717, 1.165) is 17.0 Å². The number of phenolic OH excluding ortho intramolecular Hbond substituents is 1. The van der Waals surface area contributed by atoms with Crippen molar-refractivity contribution >= 4 is 23.5 Å². The lowest BCUT2D eigenvalue weighted by Gasteiger charge is -2.05. The molecule has 1 heterocycles. The summed E-state index contributed by atoms with van der Waals surface area (Å²) in [6.45, 7) is 0. The molecule has 124 valence electrons. The number of ether oxygens (including phenoxy) is 1. The van der Waals surface area contributed by atoms with Gasteiger partial charge >= 0.3 is 0 Å². The highest BCUT2D eigenvalue weighted by atomic mass is 16.5. The maximum Gasteiger partial charge on any atom is 0.193 e. The summed E-state index contributed by atoms with van der Waals surface area (Å²) in [5.41, 5.74) is 1.88. The molecule has 7 nitrogen and oxygen atoms in total. The van der Waals surface area contributed by atoms with Crippen molar-refractivity contribution in [2.45, 2.75) is 0 Å². The normalized spacial score (nSPS) is 10.6. The van der Waals surface area contributed by atoms with E-state index in [1.54, 1.807) is 37.6 Å². The van der Waals surface area contributed by atoms with Crippen LogP contribution in [0.2, 0.25) is 0 Å². The Morgan fingerprint density at radius 2 is 1.92 bits per heavy atom. The number of H-pyrrole nitrogens is 1. The molecule has 0 amide bonds. The number of anilines is 2. The van der Waals surface area contributed by atoms with Crippen LogP contribution < -0.4 is 10.1 Å². The van der Waals surface area contributed by atoms with E-state index in [0.29, 0.717) is 11.4 Å². The Morgan fingerprint density at radius 3 is 2.56 bits per heavy atom. The van der Waals surface area contributed by atoms with Gasteiger partial charge in [0.15, 0.2) is 5.82 Å². The van der Waals surface area contributed by atoms with Gasteiger partial charge in [0.05, 0.1) is 7.11 Å². The standard InChI is InChI=1S/C18H15N5O2/c1-25-15-8-4-13(5-9-15)21-18-16(10-19)17(22-23-18)20-11-12-2-6-14(24)7-3-12/h2-9,11,24H,1H3,(H2,21,22,23). The summed E-state index contributed by atoms with van der Waals surface area (Å²) in [5, 5.41) is 28.6. The van der Waals surface area contributed by atoms with Crippen LogP contribution in [0.5, 0.6) is 11.5 Å². The van der Waals surface area contributed by atoms with Crippen molar-refractivity contribution in [1.82, 2.24) is 10.2 Å². The van der Waals surface area contributed by atoms with Gasteiger partial charge in [-0.05, 0) is 54.1 Å². The van der Waals surface area contributed by atoms with Gasteiger partial charge in [0.2, 0.25) is 0 Å². The predicted molar refractivity (Wildman–Crippen MR) is 94.9 cm³/mol. The Bertz CT molecular complexity index is 922. The number of hydrogen-bond acceptors (Lipinski definition) is 6. The topological polar surface area (TPSA) is 106 Å². The Kier molecular flexibility index (Phi) is 4.62. The average Bonchev–Trinajstić information content (AvgIpc) is 3.03. The van der Waals surface area contributed by atoms with E-state index in [4.69, 9.17) is 4.74 Å². The van der Waals surface area contributed by atoms with Crippen LogP contribution in [0.1, 0.15) is 11.1 Å². The fourth-order valence-corrected chi connectivity index (χ4v) is 2.14. The van der Waals surface area contributed by atoms with Gasteiger partial charge < -0.3 is 15.2 Å². The number of phenols is 1. The molecule has 3 rings (SSSR count). The molecular weight excluding hydrogens is 318 g/mol. The van der Waals surface area contributed by atoms with Crippen LogP contribution in [0.4, 0.5) is 17.3 Å². The first-order valence-corrected chi connectivity index (χ1v) is 7.42. The zero-order valence-corrected chi connectivity index (χ0v) is 13.4. The smallest absolute Gasteiger partial charge is 0.193 e. The minimum Gasteiger partial charge on any atom is -0.508 e. The van der Waals surface area contributed by atoms with Gasteiger partial charge in [0, 0.05) is 11.9 Å². The highest BCUT2D eigenvalue weighted by molar-refractivity contribution is 5.83. The summed E-state index contributed by atoms with van der Waals surface area (Å²) in [7, 11) is 1.60. The summed E-state index contributed by atoms with van der Waals surface area (Å²) < 4.78 is 5.11. The lowest BCUT2D eigenvalue weighted by atomic mass is 10.2. The van der Waals surface area contributed by atoms with Gasteiger partial charge in [-0.1, -0.05) is 0 Å². The summed E-state index contributed by atoms with van der Waals surface area (Å²) in [6.07, 6.45) is 1.58. The van der Waals surface area contributed by atoms with Gasteiger partial charge in [-0.2, -0.15) is 10.4 Å². The van der Waals surface area contributed by atoms with Crippen molar-refractivity contribution in [1.29, 1.82) is 5.26 Å². The van der Waals surface area contributed by atoms with E-state index in [2.05, 4.69) is 26.6 Å². The third-order valence-corrected chi connectivity index (χ3v) is 3.45. The Morgan fingerprint density at radius 1 is 1.20 bits per heavy atom. The van der Waals surface area contributed by atoms with E-state index >= 15 is 0 Å². The Labute approximate surface area is 144 Å². The number of rotatable bonds is 5. The minimum atomic E-state index is 0.181. The number of aliphatic imine (C=N–C) groups is 1. The predicted octanol–water partition coefficient (Wildman–Crippen LogP) is 3.49. The molecular formula is C18H15N5O2. The van der Waals surface area contributed by atoms with Crippen LogP contribution in [-0.4, -0.2) is 28.6 Å². The van der Waals surface area contributed by atoms with Gasteiger partial charge in [-0.25, -0.2) is 4.99 Å². The molecule has 0 unspecified atom stereocenters. The second-order valence-corrected chi connectivity index (χ2v) is 5.11. The van der Waals surface area contributed by atoms with Gasteiger partial charge in [-0.15, -0.1) is 0 Å². The number of hydrogen-bond donors (Lipinski definition) is 3. The van der Waals surface area contributed by atoms with E-state index < -0.39 is 0 Å². The summed E-state index contributed by atoms with van der Waals surface area (Å²) in [4.78, 5) is 4.24. The molecule has 25 heavy (non-hydrogen) atoms. The second kappa shape index (κ2) is 7.19.